The predicted octanol–water partition coefficient (Wildman–Crippen LogP) is 4.49. The third-order valence-corrected chi connectivity index (χ3v) is 5.24. The monoisotopic (exact) mass is 379 g/mol. The molecule has 1 fully saturated rings. The Balaban J connectivity index is 1.53. The zero-order valence-corrected chi connectivity index (χ0v) is 15.5. The molecule has 3 atom stereocenters. The first kappa shape index (κ1) is 18.5. The van der Waals surface area contributed by atoms with Gasteiger partial charge in [-0.25, -0.2) is 0 Å². The summed E-state index contributed by atoms with van der Waals surface area (Å²) in [4.78, 5) is 0. The fourth-order valence-corrected chi connectivity index (χ4v) is 3.71. The van der Waals surface area contributed by atoms with E-state index in [2.05, 4.69) is 5.32 Å². The maximum absolute atomic E-state index is 10.7. The molecule has 0 unspecified atom stereocenters. The van der Waals surface area contributed by atoms with E-state index in [9.17, 15) is 5.11 Å². The average molecular weight is 380 g/mol. The summed E-state index contributed by atoms with van der Waals surface area (Å²) in [6.07, 6.45) is 2.88. The Bertz CT molecular complexity index is 695. The fraction of sp³-hybridized carbons (Fsp3) is 0.400. The Hall–Kier alpha value is -1.26. The summed E-state index contributed by atoms with van der Waals surface area (Å²) in [5.41, 5.74) is 1.12. The number of aliphatic hydroxyl groups excluding tert-OH is 1. The molecule has 3 rings (SSSR count). The van der Waals surface area contributed by atoms with Crippen molar-refractivity contribution in [1.82, 2.24) is 5.32 Å². The molecule has 0 spiro atoms. The number of benzene rings is 2. The molecule has 1 saturated carbocycles. The summed E-state index contributed by atoms with van der Waals surface area (Å²) in [5, 5.41) is 15.5. The molecule has 134 valence electrons. The lowest BCUT2D eigenvalue weighted by atomic mass is 9.89. The van der Waals surface area contributed by atoms with Crippen molar-refractivity contribution < 1.29 is 9.84 Å². The number of ether oxygens (including phenoxy) is 1. The van der Waals surface area contributed by atoms with Crippen LogP contribution in [0, 0.1) is 0 Å². The van der Waals surface area contributed by atoms with Gasteiger partial charge < -0.3 is 15.2 Å². The molecule has 1 aliphatic rings. The standard InChI is InChI=1S/C20H23Cl2NO2/c21-15-6-3-7-16(13-15)25-19-10-4-9-18(20(19)24)23-12-11-14-5-1-2-8-17(14)22/h1-3,5-8,13,18-20,23-24H,4,9-12H2/t18-,19+,20+/m0/s1. The van der Waals surface area contributed by atoms with Gasteiger partial charge in [0.05, 0.1) is 0 Å². The van der Waals surface area contributed by atoms with Crippen molar-refractivity contribution in [2.24, 2.45) is 0 Å². The average Bonchev–Trinajstić information content (AvgIpc) is 2.60. The number of rotatable bonds is 6. The lowest BCUT2D eigenvalue weighted by molar-refractivity contribution is -0.0151. The molecule has 0 amide bonds. The molecule has 0 saturated heterocycles. The first-order valence-corrected chi connectivity index (χ1v) is 9.46. The number of hydrogen-bond acceptors (Lipinski definition) is 3. The van der Waals surface area contributed by atoms with Crippen molar-refractivity contribution in [2.45, 2.75) is 43.9 Å². The second-order valence-corrected chi connectivity index (χ2v) is 7.28. The van der Waals surface area contributed by atoms with Gasteiger partial charge in [-0.3, -0.25) is 0 Å². The molecule has 0 radical (unpaired) electrons. The van der Waals surface area contributed by atoms with Crippen LogP contribution in [-0.4, -0.2) is 29.9 Å². The summed E-state index contributed by atoms with van der Waals surface area (Å²) >= 11 is 12.2. The number of nitrogens with one attached hydrogen (secondary N) is 1. The van der Waals surface area contributed by atoms with Crippen molar-refractivity contribution in [1.29, 1.82) is 0 Å². The Morgan fingerprint density at radius 1 is 1.08 bits per heavy atom. The molecule has 2 aromatic carbocycles. The van der Waals surface area contributed by atoms with Crippen LogP contribution in [-0.2, 0) is 6.42 Å². The lowest BCUT2D eigenvalue weighted by Crippen LogP contribution is -2.51. The molecule has 0 bridgehead atoms. The Morgan fingerprint density at radius 3 is 2.72 bits per heavy atom. The summed E-state index contributed by atoms with van der Waals surface area (Å²) in [5.74, 6) is 0.702. The highest BCUT2D eigenvalue weighted by molar-refractivity contribution is 6.31. The first-order chi connectivity index (χ1) is 12.1. The van der Waals surface area contributed by atoms with E-state index in [0.29, 0.717) is 10.8 Å². The van der Waals surface area contributed by atoms with Crippen LogP contribution in [0.25, 0.3) is 0 Å². The molecule has 5 heteroatoms. The molecule has 25 heavy (non-hydrogen) atoms. The minimum Gasteiger partial charge on any atom is -0.488 e. The third-order valence-electron chi connectivity index (χ3n) is 4.64. The lowest BCUT2D eigenvalue weighted by Gasteiger charge is -2.35. The molecule has 0 heterocycles. The summed E-state index contributed by atoms with van der Waals surface area (Å²) in [6.45, 7) is 0.773. The quantitative estimate of drug-likeness (QED) is 0.776. The van der Waals surface area contributed by atoms with Crippen molar-refractivity contribution in [2.75, 3.05) is 6.54 Å². The van der Waals surface area contributed by atoms with Crippen molar-refractivity contribution >= 4 is 23.2 Å². The number of halogens is 2. The van der Waals surface area contributed by atoms with Gasteiger partial charge in [0.25, 0.3) is 0 Å². The van der Waals surface area contributed by atoms with E-state index >= 15 is 0 Å². The highest BCUT2D eigenvalue weighted by Gasteiger charge is 2.33. The number of hydrogen-bond donors (Lipinski definition) is 2. The van der Waals surface area contributed by atoms with Crippen LogP contribution in [0.15, 0.2) is 48.5 Å². The van der Waals surface area contributed by atoms with Gasteiger partial charge in [0, 0.05) is 16.1 Å². The van der Waals surface area contributed by atoms with E-state index in [0.717, 1.165) is 42.8 Å². The normalized spacial score (nSPS) is 23.4. The summed E-state index contributed by atoms with van der Waals surface area (Å²) in [6, 6.07) is 15.2. The predicted molar refractivity (Wildman–Crippen MR) is 103 cm³/mol. The van der Waals surface area contributed by atoms with Crippen LogP contribution >= 0.6 is 23.2 Å². The van der Waals surface area contributed by atoms with Gasteiger partial charge in [-0.2, -0.15) is 0 Å². The highest BCUT2D eigenvalue weighted by Crippen LogP contribution is 2.26. The molecule has 0 aromatic heterocycles. The second kappa shape index (κ2) is 8.91. The van der Waals surface area contributed by atoms with E-state index in [1.165, 1.54) is 0 Å². The SMILES string of the molecule is O[C@@H]1[C@@H](NCCc2ccccc2Cl)CCC[C@H]1Oc1cccc(Cl)c1. The topological polar surface area (TPSA) is 41.5 Å². The van der Waals surface area contributed by atoms with Crippen LogP contribution in [0.5, 0.6) is 5.75 Å². The van der Waals surface area contributed by atoms with Gasteiger partial charge >= 0.3 is 0 Å². The van der Waals surface area contributed by atoms with Crippen LogP contribution in [0.1, 0.15) is 24.8 Å². The third kappa shape index (κ3) is 5.11. The Kier molecular flexibility index (Phi) is 6.60. The van der Waals surface area contributed by atoms with Crippen LogP contribution < -0.4 is 10.1 Å². The van der Waals surface area contributed by atoms with Crippen molar-refractivity contribution in [3.63, 3.8) is 0 Å². The van der Waals surface area contributed by atoms with Gasteiger partial charge in [0.15, 0.2) is 0 Å². The van der Waals surface area contributed by atoms with Gasteiger partial charge in [0.1, 0.15) is 18.0 Å². The maximum atomic E-state index is 10.7. The minimum absolute atomic E-state index is 0.0282. The van der Waals surface area contributed by atoms with Crippen LogP contribution in [0.3, 0.4) is 0 Å². The summed E-state index contributed by atoms with van der Waals surface area (Å²) < 4.78 is 5.97. The molecule has 1 aliphatic carbocycles. The van der Waals surface area contributed by atoms with Gasteiger partial charge in [-0.15, -0.1) is 0 Å². The van der Waals surface area contributed by atoms with E-state index < -0.39 is 6.10 Å². The van der Waals surface area contributed by atoms with Crippen molar-refractivity contribution in [3.05, 3.63) is 64.1 Å². The molecular formula is C20H23Cl2NO2. The van der Waals surface area contributed by atoms with Gasteiger partial charge in [0.2, 0.25) is 0 Å². The summed E-state index contributed by atoms with van der Waals surface area (Å²) in [7, 11) is 0. The van der Waals surface area contributed by atoms with Crippen LogP contribution in [0.2, 0.25) is 10.0 Å². The van der Waals surface area contributed by atoms with Crippen molar-refractivity contribution in [3.8, 4) is 5.75 Å². The minimum atomic E-state index is -0.543. The maximum Gasteiger partial charge on any atom is 0.126 e. The molecule has 2 N–H and O–H groups in total. The molecule has 2 aromatic rings. The van der Waals surface area contributed by atoms with E-state index in [1.54, 1.807) is 6.07 Å². The Morgan fingerprint density at radius 2 is 1.92 bits per heavy atom. The fourth-order valence-electron chi connectivity index (χ4n) is 3.30. The van der Waals surface area contributed by atoms with Crippen LogP contribution in [0.4, 0.5) is 0 Å². The zero-order chi connectivity index (χ0) is 17.6. The van der Waals surface area contributed by atoms with E-state index in [1.807, 2.05) is 42.5 Å². The van der Waals surface area contributed by atoms with E-state index in [-0.39, 0.29) is 12.1 Å². The van der Waals surface area contributed by atoms with Gasteiger partial charge in [-0.05, 0) is 62.1 Å². The zero-order valence-electron chi connectivity index (χ0n) is 14.0. The first-order valence-electron chi connectivity index (χ1n) is 8.70. The molecule has 0 aliphatic heterocycles. The largest absolute Gasteiger partial charge is 0.488 e. The molecular weight excluding hydrogens is 357 g/mol. The number of aliphatic hydroxyl groups is 1. The molecule has 3 nitrogen and oxygen atoms in total. The smallest absolute Gasteiger partial charge is 0.126 e. The second-order valence-electron chi connectivity index (χ2n) is 6.44. The van der Waals surface area contributed by atoms with Gasteiger partial charge in [-0.1, -0.05) is 47.5 Å². The Labute approximate surface area is 158 Å². The highest BCUT2D eigenvalue weighted by atomic mass is 35.5. The van der Waals surface area contributed by atoms with E-state index in [4.69, 9.17) is 27.9 Å².